The summed E-state index contributed by atoms with van der Waals surface area (Å²) in [6, 6.07) is 4.87. The molecule has 2 aromatic heterocycles. The Balaban J connectivity index is 2.18. The van der Waals surface area contributed by atoms with E-state index < -0.39 is 5.69 Å². The van der Waals surface area contributed by atoms with Crippen molar-refractivity contribution >= 4 is 57.7 Å². The summed E-state index contributed by atoms with van der Waals surface area (Å²) in [6.45, 7) is 0. The van der Waals surface area contributed by atoms with Crippen molar-refractivity contribution in [3.05, 3.63) is 48.1 Å². The Kier molecular flexibility index (Phi) is 4.62. The van der Waals surface area contributed by atoms with Crippen LogP contribution in [0, 0.1) is 0 Å². The Hall–Kier alpha value is -1.18. The smallest absolute Gasteiger partial charge is 0.348 e. The molecular weight excluding hydrogens is 404 g/mol. The molecule has 0 radical (unpaired) electrons. The van der Waals surface area contributed by atoms with E-state index in [4.69, 9.17) is 51.1 Å². The van der Waals surface area contributed by atoms with Crippen LogP contribution >= 0.6 is 57.7 Å². The van der Waals surface area contributed by atoms with Crippen molar-refractivity contribution in [3.63, 3.8) is 0 Å². The monoisotopic (exact) mass is 409 g/mol. The number of thiophene rings is 1. The summed E-state index contributed by atoms with van der Waals surface area (Å²) in [6.07, 6.45) is 0. The van der Waals surface area contributed by atoms with Gasteiger partial charge in [0.05, 0.1) is 22.0 Å². The number of aromatic amines is 1. The van der Waals surface area contributed by atoms with Gasteiger partial charge in [0.25, 0.3) is 0 Å². The third kappa shape index (κ3) is 2.97. The molecule has 1 aromatic carbocycles. The molecule has 0 aliphatic heterocycles. The largest absolute Gasteiger partial charge is 0.494 e. The van der Waals surface area contributed by atoms with E-state index in [0.717, 1.165) is 16.0 Å². The normalized spacial score (nSPS) is 11.0. The fourth-order valence-corrected chi connectivity index (χ4v) is 3.85. The van der Waals surface area contributed by atoms with Crippen molar-refractivity contribution in [1.82, 2.24) is 14.8 Å². The summed E-state index contributed by atoms with van der Waals surface area (Å²) in [5.41, 5.74) is -0.0744. The van der Waals surface area contributed by atoms with E-state index in [1.54, 1.807) is 18.2 Å². The molecule has 10 heteroatoms. The lowest BCUT2D eigenvalue weighted by atomic mass is 10.3. The molecule has 0 bridgehead atoms. The number of hydrogen-bond donors (Lipinski definition) is 1. The molecule has 0 unspecified atom stereocenters. The number of ether oxygens (including phenoxy) is 1. The van der Waals surface area contributed by atoms with Crippen LogP contribution in [-0.2, 0) is 0 Å². The van der Waals surface area contributed by atoms with Crippen molar-refractivity contribution < 1.29 is 4.74 Å². The Labute approximate surface area is 154 Å². The van der Waals surface area contributed by atoms with Gasteiger partial charge in [-0.2, -0.15) is 4.68 Å². The average Bonchev–Trinajstić information content (AvgIpc) is 3.02. The van der Waals surface area contributed by atoms with Gasteiger partial charge in [0, 0.05) is 5.02 Å². The summed E-state index contributed by atoms with van der Waals surface area (Å²) < 4.78 is 6.69. The number of hydrogen-bond acceptors (Lipinski definition) is 4. The fourth-order valence-electron chi connectivity index (χ4n) is 1.94. The van der Waals surface area contributed by atoms with Crippen molar-refractivity contribution in [1.29, 1.82) is 0 Å². The van der Waals surface area contributed by atoms with Gasteiger partial charge in [0.1, 0.15) is 15.8 Å². The van der Waals surface area contributed by atoms with Crippen LogP contribution < -0.4 is 10.4 Å². The molecule has 0 atom stereocenters. The molecule has 120 valence electrons. The molecule has 3 aromatic rings. The second kappa shape index (κ2) is 6.37. The number of nitrogens with one attached hydrogen (secondary N) is 1. The van der Waals surface area contributed by atoms with E-state index in [9.17, 15) is 4.79 Å². The standard InChI is InChI=1S/C13H7Cl4N3O2S/c1-22-7-3-2-5(14)4-6(7)20-13(21)18-12(19-20)10-8(15)9(16)11(17)23-10/h2-4H,1H3,(H,18,19,21). The Morgan fingerprint density at radius 2 is 1.96 bits per heavy atom. The lowest BCUT2D eigenvalue weighted by Crippen LogP contribution is -2.16. The Bertz CT molecular complexity index is 947. The highest BCUT2D eigenvalue weighted by Gasteiger charge is 2.20. The highest BCUT2D eigenvalue weighted by molar-refractivity contribution is 7.20. The summed E-state index contributed by atoms with van der Waals surface area (Å²) in [5, 5.41) is 5.14. The lowest BCUT2D eigenvalue weighted by molar-refractivity contribution is 0.411. The maximum Gasteiger partial charge on any atom is 0.348 e. The Morgan fingerprint density at radius 3 is 2.57 bits per heavy atom. The van der Waals surface area contributed by atoms with Gasteiger partial charge in [0.2, 0.25) is 0 Å². The van der Waals surface area contributed by atoms with Gasteiger partial charge in [-0.05, 0) is 18.2 Å². The zero-order valence-corrected chi connectivity index (χ0v) is 15.2. The second-order valence-electron chi connectivity index (χ2n) is 4.34. The SMILES string of the molecule is COc1ccc(Cl)cc1-n1nc(-c2sc(Cl)c(Cl)c2Cl)[nH]c1=O. The molecule has 5 nitrogen and oxygen atoms in total. The summed E-state index contributed by atoms with van der Waals surface area (Å²) in [7, 11) is 1.49. The van der Waals surface area contributed by atoms with E-state index in [-0.39, 0.29) is 15.9 Å². The highest BCUT2D eigenvalue weighted by atomic mass is 35.5. The minimum Gasteiger partial charge on any atom is -0.494 e. The minimum absolute atomic E-state index is 0.226. The molecule has 0 saturated carbocycles. The highest BCUT2D eigenvalue weighted by Crippen LogP contribution is 2.44. The summed E-state index contributed by atoms with van der Waals surface area (Å²) in [5.74, 6) is 0.698. The van der Waals surface area contributed by atoms with Crippen LogP contribution in [0.15, 0.2) is 23.0 Å². The van der Waals surface area contributed by atoms with Gasteiger partial charge >= 0.3 is 5.69 Å². The zero-order valence-electron chi connectivity index (χ0n) is 11.4. The first-order valence-electron chi connectivity index (χ1n) is 6.09. The van der Waals surface area contributed by atoms with Crippen LogP contribution in [-0.4, -0.2) is 21.9 Å². The van der Waals surface area contributed by atoms with Crippen molar-refractivity contribution in [2.45, 2.75) is 0 Å². The van der Waals surface area contributed by atoms with Crippen LogP contribution in [0.5, 0.6) is 5.75 Å². The summed E-state index contributed by atoms with van der Waals surface area (Å²) in [4.78, 5) is 15.3. The number of halogens is 4. The van der Waals surface area contributed by atoms with Gasteiger partial charge < -0.3 is 4.74 Å². The maximum atomic E-state index is 12.2. The quantitative estimate of drug-likeness (QED) is 0.667. The molecule has 0 aliphatic rings. The molecule has 2 heterocycles. The molecule has 1 N–H and O–H groups in total. The number of nitrogens with zero attached hydrogens (tertiary/aromatic N) is 2. The molecule has 0 amide bonds. The van der Waals surface area contributed by atoms with Crippen molar-refractivity contribution in [2.24, 2.45) is 0 Å². The predicted octanol–water partition coefficient (Wildman–Crippen LogP) is 4.91. The number of rotatable bonds is 3. The van der Waals surface area contributed by atoms with Crippen molar-refractivity contribution in [3.8, 4) is 22.1 Å². The fraction of sp³-hybridized carbons (Fsp3) is 0.0769. The van der Waals surface area contributed by atoms with E-state index in [1.807, 2.05) is 0 Å². The van der Waals surface area contributed by atoms with Crippen LogP contribution in [0.3, 0.4) is 0 Å². The maximum absolute atomic E-state index is 12.2. The van der Waals surface area contributed by atoms with Crippen molar-refractivity contribution in [2.75, 3.05) is 7.11 Å². The number of benzene rings is 1. The molecule has 23 heavy (non-hydrogen) atoms. The first-order valence-corrected chi connectivity index (χ1v) is 8.42. The molecular formula is C13H7Cl4N3O2S. The number of aromatic nitrogens is 3. The zero-order chi connectivity index (χ0) is 16.7. The number of methoxy groups -OCH3 is 1. The van der Waals surface area contributed by atoms with E-state index in [1.165, 1.54) is 7.11 Å². The van der Waals surface area contributed by atoms with E-state index >= 15 is 0 Å². The van der Waals surface area contributed by atoms with Gasteiger partial charge in [-0.15, -0.1) is 16.4 Å². The summed E-state index contributed by atoms with van der Waals surface area (Å²) >= 11 is 25.1. The first kappa shape index (κ1) is 16.7. The van der Waals surface area contributed by atoms with Crippen LogP contribution in [0.4, 0.5) is 0 Å². The molecule has 0 saturated heterocycles. The topological polar surface area (TPSA) is 59.9 Å². The van der Waals surface area contributed by atoms with Gasteiger partial charge in [0.15, 0.2) is 5.82 Å². The molecule has 0 aliphatic carbocycles. The lowest BCUT2D eigenvalue weighted by Gasteiger charge is -2.07. The third-order valence-electron chi connectivity index (χ3n) is 2.96. The molecule has 0 fully saturated rings. The van der Waals surface area contributed by atoms with E-state index in [0.29, 0.717) is 25.7 Å². The Morgan fingerprint density at radius 1 is 1.22 bits per heavy atom. The second-order valence-corrected chi connectivity index (χ2v) is 7.15. The van der Waals surface area contributed by atoms with Gasteiger partial charge in [-0.1, -0.05) is 46.4 Å². The first-order chi connectivity index (χ1) is 10.9. The minimum atomic E-state index is -0.475. The molecule has 0 spiro atoms. The molecule has 3 rings (SSSR count). The number of H-pyrrole nitrogens is 1. The van der Waals surface area contributed by atoms with Crippen LogP contribution in [0.1, 0.15) is 0 Å². The predicted molar refractivity (Wildman–Crippen MR) is 94.1 cm³/mol. The third-order valence-corrected chi connectivity index (χ3v) is 5.77. The average molecular weight is 411 g/mol. The van der Waals surface area contributed by atoms with Gasteiger partial charge in [-0.3, -0.25) is 4.98 Å². The van der Waals surface area contributed by atoms with Crippen LogP contribution in [0.2, 0.25) is 19.4 Å². The van der Waals surface area contributed by atoms with E-state index in [2.05, 4.69) is 10.1 Å². The van der Waals surface area contributed by atoms with Gasteiger partial charge in [-0.25, -0.2) is 4.79 Å². The van der Waals surface area contributed by atoms with Crippen LogP contribution in [0.25, 0.3) is 16.4 Å².